The molecule has 0 radical (unpaired) electrons. The Morgan fingerprint density at radius 3 is 2.84 bits per heavy atom. The Morgan fingerprint density at radius 2 is 2.21 bits per heavy atom. The van der Waals surface area contributed by atoms with E-state index in [0.29, 0.717) is 6.04 Å². The minimum Gasteiger partial charge on any atom is -0.315 e. The molecule has 0 amide bonds. The van der Waals surface area contributed by atoms with Crippen molar-refractivity contribution in [3.8, 4) is 5.69 Å². The van der Waals surface area contributed by atoms with E-state index in [0.717, 1.165) is 25.3 Å². The molecule has 1 N–H and O–H groups in total. The maximum Gasteiger partial charge on any atom is 0.0645 e. The fourth-order valence-corrected chi connectivity index (χ4v) is 2.61. The predicted molar refractivity (Wildman–Crippen MR) is 76.3 cm³/mol. The molecule has 19 heavy (non-hydrogen) atoms. The highest BCUT2D eigenvalue weighted by atomic mass is 15.3. The molecular weight excluding hydrogens is 236 g/mol. The van der Waals surface area contributed by atoms with Crippen LogP contribution in [0.25, 0.3) is 5.69 Å². The summed E-state index contributed by atoms with van der Waals surface area (Å²) >= 11 is 0. The SMILES string of the molecule is CN(Cc1ccc(-n2cccn2)cc1)C1CCNC1. The third-order valence-corrected chi connectivity index (χ3v) is 3.79. The molecule has 0 saturated carbocycles. The van der Waals surface area contributed by atoms with Crippen molar-refractivity contribution < 1.29 is 0 Å². The summed E-state index contributed by atoms with van der Waals surface area (Å²) in [6.07, 6.45) is 5.02. The summed E-state index contributed by atoms with van der Waals surface area (Å²) in [6, 6.07) is 11.2. The van der Waals surface area contributed by atoms with Gasteiger partial charge in [0.1, 0.15) is 0 Å². The molecule has 1 aliphatic heterocycles. The largest absolute Gasteiger partial charge is 0.315 e. The summed E-state index contributed by atoms with van der Waals surface area (Å²) in [5, 5.41) is 7.65. The second-order valence-electron chi connectivity index (χ2n) is 5.18. The average molecular weight is 256 g/mol. The number of nitrogens with one attached hydrogen (secondary N) is 1. The van der Waals surface area contributed by atoms with Gasteiger partial charge in [0.05, 0.1) is 5.69 Å². The highest BCUT2D eigenvalue weighted by Crippen LogP contribution is 2.13. The molecule has 1 atom stereocenters. The van der Waals surface area contributed by atoms with E-state index in [9.17, 15) is 0 Å². The molecule has 4 nitrogen and oxygen atoms in total. The van der Waals surface area contributed by atoms with Crippen LogP contribution in [0.4, 0.5) is 0 Å². The van der Waals surface area contributed by atoms with Crippen molar-refractivity contribution in [2.24, 2.45) is 0 Å². The van der Waals surface area contributed by atoms with E-state index in [1.165, 1.54) is 12.0 Å². The van der Waals surface area contributed by atoms with Crippen LogP contribution in [0, 0.1) is 0 Å². The van der Waals surface area contributed by atoms with E-state index in [4.69, 9.17) is 0 Å². The zero-order chi connectivity index (χ0) is 13.1. The molecule has 1 aliphatic rings. The van der Waals surface area contributed by atoms with Gasteiger partial charge in [-0.2, -0.15) is 5.10 Å². The molecule has 1 saturated heterocycles. The summed E-state index contributed by atoms with van der Waals surface area (Å²) in [7, 11) is 2.21. The number of hydrogen-bond acceptors (Lipinski definition) is 3. The molecular formula is C15H20N4. The zero-order valence-corrected chi connectivity index (χ0v) is 11.3. The minimum absolute atomic E-state index is 0.672. The second kappa shape index (κ2) is 5.55. The Balaban J connectivity index is 1.65. The van der Waals surface area contributed by atoms with Gasteiger partial charge in [0, 0.05) is 31.5 Å². The molecule has 0 spiro atoms. The summed E-state index contributed by atoms with van der Waals surface area (Å²) in [6.45, 7) is 3.26. The van der Waals surface area contributed by atoms with Crippen LogP contribution >= 0.6 is 0 Å². The van der Waals surface area contributed by atoms with Gasteiger partial charge in [0.15, 0.2) is 0 Å². The van der Waals surface area contributed by atoms with Gasteiger partial charge in [-0.1, -0.05) is 12.1 Å². The number of rotatable bonds is 4. The topological polar surface area (TPSA) is 33.1 Å². The first kappa shape index (κ1) is 12.4. The fourth-order valence-electron chi connectivity index (χ4n) is 2.61. The van der Waals surface area contributed by atoms with E-state index in [-0.39, 0.29) is 0 Å². The van der Waals surface area contributed by atoms with Crippen LogP contribution in [0.1, 0.15) is 12.0 Å². The van der Waals surface area contributed by atoms with Gasteiger partial charge in [-0.15, -0.1) is 0 Å². The van der Waals surface area contributed by atoms with Crippen LogP contribution in [-0.2, 0) is 6.54 Å². The first-order chi connectivity index (χ1) is 9.33. The molecule has 1 fully saturated rings. The first-order valence-electron chi connectivity index (χ1n) is 6.83. The molecule has 1 aromatic carbocycles. The van der Waals surface area contributed by atoms with E-state index in [2.05, 4.69) is 46.6 Å². The lowest BCUT2D eigenvalue weighted by Gasteiger charge is -2.23. The van der Waals surface area contributed by atoms with Crippen LogP contribution in [0.5, 0.6) is 0 Å². The second-order valence-corrected chi connectivity index (χ2v) is 5.18. The zero-order valence-electron chi connectivity index (χ0n) is 11.3. The predicted octanol–water partition coefficient (Wildman–Crippen LogP) is 1.67. The van der Waals surface area contributed by atoms with Crippen LogP contribution in [0.15, 0.2) is 42.7 Å². The maximum absolute atomic E-state index is 4.24. The molecule has 1 aromatic heterocycles. The quantitative estimate of drug-likeness (QED) is 0.903. The molecule has 4 heteroatoms. The Labute approximate surface area is 114 Å². The highest BCUT2D eigenvalue weighted by Gasteiger charge is 2.18. The van der Waals surface area contributed by atoms with Crippen molar-refractivity contribution in [2.75, 3.05) is 20.1 Å². The summed E-state index contributed by atoms with van der Waals surface area (Å²) in [5.74, 6) is 0. The lowest BCUT2D eigenvalue weighted by molar-refractivity contribution is 0.249. The monoisotopic (exact) mass is 256 g/mol. The lowest BCUT2D eigenvalue weighted by atomic mass is 10.1. The normalized spacial score (nSPS) is 19.2. The molecule has 2 heterocycles. The van der Waals surface area contributed by atoms with Gasteiger partial charge in [0.25, 0.3) is 0 Å². The molecule has 2 aromatic rings. The third-order valence-electron chi connectivity index (χ3n) is 3.79. The van der Waals surface area contributed by atoms with Crippen molar-refractivity contribution >= 4 is 0 Å². The van der Waals surface area contributed by atoms with Crippen LogP contribution < -0.4 is 5.32 Å². The first-order valence-corrected chi connectivity index (χ1v) is 6.83. The van der Waals surface area contributed by atoms with Gasteiger partial charge < -0.3 is 5.32 Å². The van der Waals surface area contributed by atoms with Crippen molar-refractivity contribution in [3.63, 3.8) is 0 Å². The molecule has 3 rings (SSSR count). The summed E-state index contributed by atoms with van der Waals surface area (Å²) in [4.78, 5) is 2.43. The molecule has 0 bridgehead atoms. The Hall–Kier alpha value is -1.65. The van der Waals surface area contributed by atoms with Crippen LogP contribution in [0.2, 0.25) is 0 Å². The molecule has 0 aliphatic carbocycles. The van der Waals surface area contributed by atoms with Gasteiger partial charge in [0.2, 0.25) is 0 Å². The van der Waals surface area contributed by atoms with Crippen molar-refractivity contribution in [1.82, 2.24) is 20.0 Å². The summed E-state index contributed by atoms with van der Waals surface area (Å²) in [5.41, 5.74) is 2.46. The maximum atomic E-state index is 4.24. The van der Waals surface area contributed by atoms with Crippen molar-refractivity contribution in [2.45, 2.75) is 19.0 Å². The van der Waals surface area contributed by atoms with Crippen molar-refractivity contribution in [3.05, 3.63) is 48.3 Å². The number of likely N-dealkylation sites (N-methyl/N-ethyl adjacent to an activating group) is 1. The van der Waals surface area contributed by atoms with E-state index in [1.807, 2.05) is 16.9 Å². The minimum atomic E-state index is 0.672. The Kier molecular flexibility index (Phi) is 3.62. The van der Waals surface area contributed by atoms with E-state index < -0.39 is 0 Å². The number of benzene rings is 1. The van der Waals surface area contributed by atoms with Gasteiger partial charge in [-0.25, -0.2) is 4.68 Å². The fraction of sp³-hybridized carbons (Fsp3) is 0.400. The van der Waals surface area contributed by atoms with Crippen molar-refractivity contribution in [1.29, 1.82) is 0 Å². The van der Waals surface area contributed by atoms with Gasteiger partial charge in [-0.3, -0.25) is 4.90 Å². The average Bonchev–Trinajstić information content (AvgIpc) is 3.13. The van der Waals surface area contributed by atoms with Crippen LogP contribution in [0.3, 0.4) is 0 Å². The van der Waals surface area contributed by atoms with Crippen LogP contribution in [-0.4, -0.2) is 40.9 Å². The molecule has 1 unspecified atom stereocenters. The van der Waals surface area contributed by atoms with E-state index >= 15 is 0 Å². The highest BCUT2D eigenvalue weighted by molar-refractivity contribution is 5.33. The van der Waals surface area contributed by atoms with E-state index in [1.54, 1.807) is 6.20 Å². The smallest absolute Gasteiger partial charge is 0.0645 e. The number of hydrogen-bond donors (Lipinski definition) is 1. The van der Waals surface area contributed by atoms with Gasteiger partial charge in [-0.05, 0) is 43.8 Å². The molecule has 100 valence electrons. The number of aromatic nitrogens is 2. The van der Waals surface area contributed by atoms with Gasteiger partial charge >= 0.3 is 0 Å². The Bertz CT molecular complexity index is 497. The number of nitrogens with zero attached hydrogens (tertiary/aromatic N) is 3. The lowest BCUT2D eigenvalue weighted by Crippen LogP contribution is -2.32. The Morgan fingerprint density at radius 1 is 1.37 bits per heavy atom. The summed E-state index contributed by atoms with van der Waals surface area (Å²) < 4.78 is 1.88. The standard InChI is InChI=1S/C15H20N4/c1-18(15-7-9-16-11-15)12-13-3-5-14(6-4-13)19-10-2-8-17-19/h2-6,8,10,15-16H,7,9,11-12H2,1H3. The third kappa shape index (κ3) is 2.85.